The maximum absolute atomic E-state index is 11.7. The molecule has 0 atom stereocenters. The van der Waals surface area contributed by atoms with Gasteiger partial charge in [-0.05, 0) is 23.8 Å². The fourth-order valence-electron chi connectivity index (χ4n) is 3.37. The lowest BCUT2D eigenvalue weighted by atomic mass is 10.2. The van der Waals surface area contributed by atoms with Crippen LogP contribution in [0.4, 0.5) is 4.79 Å². The Morgan fingerprint density at radius 3 is 2.79 bits per heavy atom. The Morgan fingerprint density at radius 1 is 1.18 bits per heavy atom. The molecule has 1 aliphatic rings. The van der Waals surface area contributed by atoms with Gasteiger partial charge in [0.1, 0.15) is 0 Å². The largest absolute Gasteiger partial charge is 0.332 e. The minimum absolute atomic E-state index is 0.0977. The van der Waals surface area contributed by atoms with Crippen LogP contribution in [-0.2, 0) is 26.2 Å². The predicted octanol–water partition coefficient (Wildman–Crippen LogP) is 3.40. The van der Waals surface area contributed by atoms with Gasteiger partial charge in [-0.3, -0.25) is 9.58 Å². The van der Waals surface area contributed by atoms with E-state index in [1.807, 2.05) is 11.3 Å². The fourth-order valence-corrected chi connectivity index (χ4v) is 4.42. The first-order valence-corrected chi connectivity index (χ1v) is 10.3. The number of hydrogen-bond donors (Lipinski definition) is 1. The highest BCUT2D eigenvalue weighted by Gasteiger charge is 2.19. The van der Waals surface area contributed by atoms with Crippen molar-refractivity contribution >= 4 is 17.4 Å². The molecule has 0 radical (unpaired) electrons. The Labute approximate surface area is 169 Å². The number of aromatic nitrogens is 2. The van der Waals surface area contributed by atoms with Crippen molar-refractivity contribution < 1.29 is 4.79 Å². The van der Waals surface area contributed by atoms with Crippen LogP contribution in [0.5, 0.6) is 0 Å². The summed E-state index contributed by atoms with van der Waals surface area (Å²) < 4.78 is 2.07. The number of amides is 2. The van der Waals surface area contributed by atoms with E-state index in [2.05, 4.69) is 68.5 Å². The summed E-state index contributed by atoms with van der Waals surface area (Å²) in [7, 11) is 3.47. The topological polar surface area (TPSA) is 53.4 Å². The minimum Gasteiger partial charge on any atom is -0.332 e. The van der Waals surface area contributed by atoms with Gasteiger partial charge < -0.3 is 10.2 Å². The lowest BCUT2D eigenvalue weighted by Gasteiger charge is -2.26. The molecule has 2 amide bonds. The first kappa shape index (κ1) is 18.7. The lowest BCUT2D eigenvalue weighted by Crippen LogP contribution is -2.34. The van der Waals surface area contributed by atoms with Crippen LogP contribution in [-0.4, -0.2) is 46.3 Å². The summed E-state index contributed by atoms with van der Waals surface area (Å²) in [6.07, 6.45) is 0. The summed E-state index contributed by atoms with van der Waals surface area (Å²) >= 11 is 1.86. The molecule has 0 bridgehead atoms. The molecule has 0 aliphatic carbocycles. The summed E-state index contributed by atoms with van der Waals surface area (Å²) in [5.74, 6) is 0. The number of nitrogens with one attached hydrogen (secondary N) is 1. The molecule has 7 heteroatoms. The van der Waals surface area contributed by atoms with E-state index in [1.165, 1.54) is 25.9 Å². The summed E-state index contributed by atoms with van der Waals surface area (Å²) in [5.41, 5.74) is 3.40. The maximum atomic E-state index is 11.7. The zero-order chi connectivity index (χ0) is 19.5. The standard InChI is InChI=1S/C21H25N5OS/c1-24(2)21(27)22-13-17-12-18-14-25(10-11-26(18)23-17)15-19-8-9-20(28-19)16-6-4-3-5-7-16/h3-9,12H,10-11,13-15H2,1-2H3,(H,22,27). The van der Waals surface area contributed by atoms with E-state index in [1.54, 1.807) is 14.1 Å². The molecular formula is C21H25N5OS. The number of carbonyl (C=O) groups excluding carboxylic acids is 1. The highest BCUT2D eigenvalue weighted by molar-refractivity contribution is 7.15. The molecule has 0 saturated heterocycles. The number of rotatable bonds is 5. The third-order valence-electron chi connectivity index (χ3n) is 4.85. The second-order valence-electron chi connectivity index (χ2n) is 7.25. The normalized spacial score (nSPS) is 13.9. The van der Waals surface area contributed by atoms with E-state index in [0.717, 1.165) is 31.9 Å². The maximum Gasteiger partial charge on any atom is 0.317 e. The first-order chi connectivity index (χ1) is 13.6. The molecular weight excluding hydrogens is 370 g/mol. The molecule has 1 aliphatic heterocycles. The Morgan fingerprint density at radius 2 is 2.00 bits per heavy atom. The van der Waals surface area contributed by atoms with Crippen LogP contribution in [0, 0.1) is 0 Å². The van der Waals surface area contributed by atoms with Crippen molar-refractivity contribution in [2.24, 2.45) is 0 Å². The molecule has 6 nitrogen and oxygen atoms in total. The zero-order valence-electron chi connectivity index (χ0n) is 16.3. The number of benzene rings is 1. The highest BCUT2D eigenvalue weighted by Crippen LogP contribution is 2.29. The van der Waals surface area contributed by atoms with Crippen molar-refractivity contribution in [2.45, 2.75) is 26.2 Å². The number of fused-ring (bicyclic) bond motifs is 1. The van der Waals surface area contributed by atoms with E-state index in [0.29, 0.717) is 6.54 Å². The summed E-state index contributed by atoms with van der Waals surface area (Å²) in [6, 6.07) is 17.0. The van der Waals surface area contributed by atoms with Crippen LogP contribution in [0.15, 0.2) is 48.5 Å². The van der Waals surface area contributed by atoms with Crippen LogP contribution in [0.3, 0.4) is 0 Å². The van der Waals surface area contributed by atoms with Gasteiger partial charge in [0.2, 0.25) is 0 Å². The van der Waals surface area contributed by atoms with Gasteiger partial charge in [0.25, 0.3) is 0 Å². The second-order valence-corrected chi connectivity index (χ2v) is 8.41. The molecule has 0 saturated carbocycles. The third-order valence-corrected chi connectivity index (χ3v) is 5.97. The van der Waals surface area contributed by atoms with Crippen molar-refractivity contribution in [1.82, 2.24) is 24.9 Å². The molecule has 0 spiro atoms. The number of carbonyl (C=O) groups is 1. The molecule has 4 rings (SSSR count). The number of thiophene rings is 1. The zero-order valence-corrected chi connectivity index (χ0v) is 17.1. The van der Waals surface area contributed by atoms with E-state index >= 15 is 0 Å². The van der Waals surface area contributed by atoms with Crippen LogP contribution < -0.4 is 5.32 Å². The fraction of sp³-hybridized carbons (Fsp3) is 0.333. The van der Waals surface area contributed by atoms with Gasteiger partial charge in [0.15, 0.2) is 0 Å². The van der Waals surface area contributed by atoms with Gasteiger partial charge in [-0.25, -0.2) is 4.79 Å². The molecule has 1 N–H and O–H groups in total. The first-order valence-electron chi connectivity index (χ1n) is 9.46. The molecule has 1 aromatic carbocycles. The average Bonchev–Trinajstić information content (AvgIpc) is 3.33. The molecule has 146 valence electrons. The van der Waals surface area contributed by atoms with E-state index in [9.17, 15) is 4.79 Å². The second kappa shape index (κ2) is 8.16. The lowest BCUT2D eigenvalue weighted by molar-refractivity contribution is 0.206. The molecule has 0 fully saturated rings. The Kier molecular flexibility index (Phi) is 5.45. The van der Waals surface area contributed by atoms with Crippen molar-refractivity contribution in [1.29, 1.82) is 0 Å². The van der Waals surface area contributed by atoms with Crippen molar-refractivity contribution in [3.8, 4) is 10.4 Å². The smallest absolute Gasteiger partial charge is 0.317 e. The van der Waals surface area contributed by atoms with Gasteiger partial charge >= 0.3 is 6.03 Å². The SMILES string of the molecule is CN(C)C(=O)NCc1cc2n(n1)CCN(Cc1ccc(-c3ccccc3)s1)C2. The summed E-state index contributed by atoms with van der Waals surface area (Å²) in [4.78, 5) is 18.4. The highest BCUT2D eigenvalue weighted by atomic mass is 32.1. The van der Waals surface area contributed by atoms with E-state index in [4.69, 9.17) is 0 Å². The van der Waals surface area contributed by atoms with E-state index in [-0.39, 0.29) is 6.03 Å². The van der Waals surface area contributed by atoms with Gasteiger partial charge in [0.05, 0.1) is 24.5 Å². The van der Waals surface area contributed by atoms with Crippen LogP contribution in [0.1, 0.15) is 16.3 Å². The minimum atomic E-state index is -0.0977. The molecule has 28 heavy (non-hydrogen) atoms. The average molecular weight is 396 g/mol. The van der Waals surface area contributed by atoms with Gasteiger partial charge in [0, 0.05) is 43.5 Å². The monoisotopic (exact) mass is 395 g/mol. The van der Waals surface area contributed by atoms with Crippen LogP contribution in [0.2, 0.25) is 0 Å². The number of hydrogen-bond acceptors (Lipinski definition) is 4. The molecule has 0 unspecified atom stereocenters. The van der Waals surface area contributed by atoms with Crippen molar-refractivity contribution in [3.05, 3.63) is 64.8 Å². The molecule has 3 aromatic rings. The predicted molar refractivity (Wildman–Crippen MR) is 112 cm³/mol. The summed E-state index contributed by atoms with van der Waals surface area (Å²) in [6.45, 7) is 4.16. The van der Waals surface area contributed by atoms with Gasteiger partial charge in [-0.2, -0.15) is 5.10 Å². The molecule has 2 aromatic heterocycles. The quantitative estimate of drug-likeness (QED) is 0.720. The molecule has 3 heterocycles. The van der Waals surface area contributed by atoms with Crippen LogP contribution >= 0.6 is 11.3 Å². The van der Waals surface area contributed by atoms with Crippen LogP contribution in [0.25, 0.3) is 10.4 Å². The summed E-state index contributed by atoms with van der Waals surface area (Å²) in [5, 5.41) is 7.50. The van der Waals surface area contributed by atoms with Crippen molar-refractivity contribution in [2.75, 3.05) is 20.6 Å². The Hall–Kier alpha value is -2.64. The Balaban J connectivity index is 1.37. The number of urea groups is 1. The van der Waals surface area contributed by atoms with Gasteiger partial charge in [-0.15, -0.1) is 11.3 Å². The third kappa shape index (κ3) is 4.26. The van der Waals surface area contributed by atoms with Crippen molar-refractivity contribution in [3.63, 3.8) is 0 Å². The van der Waals surface area contributed by atoms with E-state index < -0.39 is 0 Å². The van der Waals surface area contributed by atoms with Gasteiger partial charge in [-0.1, -0.05) is 30.3 Å². The Bertz CT molecular complexity index is 947. The number of nitrogens with zero attached hydrogens (tertiary/aromatic N) is 4.